The standard InChI is InChI=1S/C12H17N3O2S/c1-2-9-15(10-7-13)18(16,17)11-6-12-5-3-4-8-14-12/h3-5,8H,2,6,9-11H2,1H3. The van der Waals surface area contributed by atoms with E-state index in [1.54, 1.807) is 18.3 Å². The maximum absolute atomic E-state index is 12.0. The van der Waals surface area contributed by atoms with E-state index < -0.39 is 10.0 Å². The van der Waals surface area contributed by atoms with Crippen LogP contribution in [0, 0.1) is 11.3 Å². The maximum Gasteiger partial charge on any atom is 0.215 e. The average molecular weight is 267 g/mol. The summed E-state index contributed by atoms with van der Waals surface area (Å²) in [5, 5.41) is 8.64. The molecule has 18 heavy (non-hydrogen) atoms. The van der Waals surface area contributed by atoms with Gasteiger partial charge in [-0.3, -0.25) is 4.98 Å². The molecule has 0 aliphatic carbocycles. The molecule has 0 aliphatic heterocycles. The number of aryl methyl sites for hydroxylation is 1. The van der Waals surface area contributed by atoms with E-state index in [1.807, 2.05) is 19.1 Å². The van der Waals surface area contributed by atoms with Crippen LogP contribution in [0.25, 0.3) is 0 Å². The molecule has 98 valence electrons. The summed E-state index contributed by atoms with van der Waals surface area (Å²) in [6.45, 7) is 2.19. The SMILES string of the molecule is CCCN(CC#N)S(=O)(=O)CCc1ccccn1. The zero-order chi connectivity index (χ0) is 13.4. The first kappa shape index (κ1) is 14.6. The second-order valence-electron chi connectivity index (χ2n) is 3.88. The van der Waals surface area contributed by atoms with Crippen molar-refractivity contribution in [1.29, 1.82) is 5.26 Å². The van der Waals surface area contributed by atoms with Crippen LogP contribution in [-0.2, 0) is 16.4 Å². The fourth-order valence-electron chi connectivity index (χ4n) is 1.55. The lowest BCUT2D eigenvalue weighted by atomic mass is 10.3. The molecule has 0 saturated heterocycles. The summed E-state index contributed by atoms with van der Waals surface area (Å²) in [6.07, 6.45) is 2.71. The van der Waals surface area contributed by atoms with Gasteiger partial charge in [0.2, 0.25) is 10.0 Å². The molecule has 5 nitrogen and oxygen atoms in total. The lowest BCUT2D eigenvalue weighted by Gasteiger charge is -2.18. The van der Waals surface area contributed by atoms with E-state index in [0.717, 1.165) is 5.69 Å². The van der Waals surface area contributed by atoms with Gasteiger partial charge in [-0.1, -0.05) is 13.0 Å². The van der Waals surface area contributed by atoms with E-state index in [9.17, 15) is 8.42 Å². The minimum absolute atomic E-state index is 0.00824. The molecule has 0 aliphatic rings. The largest absolute Gasteiger partial charge is 0.261 e. The molecule has 0 saturated carbocycles. The van der Waals surface area contributed by atoms with Gasteiger partial charge in [0.15, 0.2) is 0 Å². The highest BCUT2D eigenvalue weighted by Crippen LogP contribution is 2.05. The van der Waals surface area contributed by atoms with Crippen LogP contribution < -0.4 is 0 Å². The quantitative estimate of drug-likeness (QED) is 0.695. The third kappa shape index (κ3) is 4.43. The summed E-state index contributed by atoms with van der Waals surface area (Å²) in [5.41, 5.74) is 0.745. The Labute approximate surface area is 108 Å². The number of nitrogens with zero attached hydrogens (tertiary/aromatic N) is 3. The van der Waals surface area contributed by atoms with Gasteiger partial charge in [-0.15, -0.1) is 0 Å². The zero-order valence-corrected chi connectivity index (χ0v) is 11.2. The zero-order valence-electron chi connectivity index (χ0n) is 10.4. The van der Waals surface area contributed by atoms with Crippen LogP contribution in [0.5, 0.6) is 0 Å². The lowest BCUT2D eigenvalue weighted by Crippen LogP contribution is -2.34. The van der Waals surface area contributed by atoms with Gasteiger partial charge in [0, 0.05) is 24.9 Å². The van der Waals surface area contributed by atoms with Gasteiger partial charge in [-0.05, 0) is 18.6 Å². The first-order valence-corrected chi connectivity index (χ1v) is 7.45. The van der Waals surface area contributed by atoms with Crippen LogP contribution in [0.4, 0.5) is 0 Å². The second kappa shape index (κ2) is 7.09. The van der Waals surface area contributed by atoms with E-state index in [1.165, 1.54) is 4.31 Å². The fourth-order valence-corrected chi connectivity index (χ4v) is 2.99. The molecule has 1 rings (SSSR count). The van der Waals surface area contributed by atoms with Gasteiger partial charge in [-0.2, -0.15) is 9.57 Å². The third-order valence-corrected chi connectivity index (χ3v) is 4.27. The minimum atomic E-state index is -3.37. The summed E-state index contributed by atoms with van der Waals surface area (Å²) in [6, 6.07) is 7.30. The second-order valence-corrected chi connectivity index (χ2v) is 5.97. The van der Waals surface area contributed by atoms with E-state index >= 15 is 0 Å². The normalized spacial score (nSPS) is 11.4. The van der Waals surface area contributed by atoms with Crippen molar-refractivity contribution in [3.63, 3.8) is 0 Å². The van der Waals surface area contributed by atoms with Crippen molar-refractivity contribution in [3.05, 3.63) is 30.1 Å². The Kier molecular flexibility index (Phi) is 5.75. The Morgan fingerprint density at radius 2 is 2.22 bits per heavy atom. The monoisotopic (exact) mass is 267 g/mol. The number of hydrogen-bond acceptors (Lipinski definition) is 4. The molecule has 0 bridgehead atoms. The van der Waals surface area contributed by atoms with Crippen molar-refractivity contribution in [1.82, 2.24) is 9.29 Å². The molecule has 0 atom stereocenters. The Balaban J connectivity index is 2.66. The molecule has 0 radical (unpaired) electrons. The van der Waals surface area contributed by atoms with Gasteiger partial charge >= 0.3 is 0 Å². The summed E-state index contributed by atoms with van der Waals surface area (Å²) in [5.74, 6) is -0.00824. The Bertz CT molecular complexity index is 494. The van der Waals surface area contributed by atoms with Gasteiger partial charge in [0.1, 0.15) is 6.54 Å². The average Bonchev–Trinajstić information content (AvgIpc) is 2.37. The Morgan fingerprint density at radius 1 is 1.44 bits per heavy atom. The number of sulfonamides is 1. The summed E-state index contributed by atoms with van der Waals surface area (Å²) in [4.78, 5) is 4.09. The lowest BCUT2D eigenvalue weighted by molar-refractivity contribution is 0.444. The van der Waals surface area contributed by atoms with E-state index in [0.29, 0.717) is 19.4 Å². The third-order valence-electron chi connectivity index (χ3n) is 2.46. The molecule has 0 aromatic carbocycles. The van der Waals surface area contributed by atoms with Crippen LogP contribution >= 0.6 is 0 Å². The number of pyridine rings is 1. The Hall–Kier alpha value is -1.45. The molecule has 0 unspecified atom stereocenters. The molecular formula is C12H17N3O2S. The van der Waals surface area contributed by atoms with Crippen LogP contribution in [0.1, 0.15) is 19.0 Å². The van der Waals surface area contributed by atoms with Crippen LogP contribution in [0.2, 0.25) is 0 Å². The number of aromatic nitrogens is 1. The highest BCUT2D eigenvalue weighted by molar-refractivity contribution is 7.89. The molecule has 1 aromatic heterocycles. The minimum Gasteiger partial charge on any atom is -0.261 e. The van der Waals surface area contributed by atoms with E-state index in [4.69, 9.17) is 5.26 Å². The predicted octanol–water partition coefficient (Wildman–Crippen LogP) is 1.19. The van der Waals surface area contributed by atoms with Crippen molar-refractivity contribution in [2.24, 2.45) is 0 Å². The smallest absolute Gasteiger partial charge is 0.215 e. The molecule has 6 heteroatoms. The molecule has 0 spiro atoms. The van der Waals surface area contributed by atoms with Gasteiger partial charge in [0.25, 0.3) is 0 Å². The molecule has 1 aromatic rings. The topological polar surface area (TPSA) is 74.1 Å². The molecule has 0 fully saturated rings. The fraction of sp³-hybridized carbons (Fsp3) is 0.500. The summed E-state index contributed by atoms with van der Waals surface area (Å²) in [7, 11) is -3.37. The Morgan fingerprint density at radius 3 is 2.78 bits per heavy atom. The maximum atomic E-state index is 12.0. The van der Waals surface area contributed by atoms with Crippen molar-refractivity contribution in [3.8, 4) is 6.07 Å². The van der Waals surface area contributed by atoms with E-state index in [2.05, 4.69) is 4.98 Å². The van der Waals surface area contributed by atoms with Crippen molar-refractivity contribution in [2.45, 2.75) is 19.8 Å². The summed E-state index contributed by atoms with van der Waals surface area (Å²) < 4.78 is 25.3. The van der Waals surface area contributed by atoms with Crippen LogP contribution in [-0.4, -0.2) is 36.5 Å². The molecule has 0 N–H and O–H groups in total. The first-order valence-electron chi connectivity index (χ1n) is 5.85. The highest BCUT2D eigenvalue weighted by atomic mass is 32.2. The summed E-state index contributed by atoms with van der Waals surface area (Å²) >= 11 is 0. The molecular weight excluding hydrogens is 250 g/mol. The van der Waals surface area contributed by atoms with Gasteiger partial charge < -0.3 is 0 Å². The van der Waals surface area contributed by atoms with Crippen LogP contribution in [0.15, 0.2) is 24.4 Å². The highest BCUT2D eigenvalue weighted by Gasteiger charge is 2.20. The van der Waals surface area contributed by atoms with E-state index in [-0.39, 0.29) is 12.3 Å². The first-order chi connectivity index (χ1) is 8.60. The van der Waals surface area contributed by atoms with Gasteiger partial charge in [-0.25, -0.2) is 8.42 Å². The molecule has 0 amide bonds. The molecule has 1 heterocycles. The number of rotatable bonds is 7. The van der Waals surface area contributed by atoms with Crippen LogP contribution in [0.3, 0.4) is 0 Å². The van der Waals surface area contributed by atoms with Crippen molar-refractivity contribution in [2.75, 3.05) is 18.8 Å². The van der Waals surface area contributed by atoms with Crippen molar-refractivity contribution >= 4 is 10.0 Å². The van der Waals surface area contributed by atoms with Gasteiger partial charge in [0.05, 0.1) is 11.8 Å². The number of hydrogen-bond donors (Lipinski definition) is 0. The predicted molar refractivity (Wildman–Crippen MR) is 69.2 cm³/mol. The number of nitriles is 1. The van der Waals surface area contributed by atoms with Crippen molar-refractivity contribution < 1.29 is 8.42 Å².